The SMILES string of the molecule is CCCOc1cc2cnccc2cc1OC. The van der Waals surface area contributed by atoms with Crippen LogP contribution in [0.5, 0.6) is 11.5 Å². The van der Waals surface area contributed by atoms with Gasteiger partial charge in [-0.25, -0.2) is 0 Å². The minimum absolute atomic E-state index is 0.697. The smallest absolute Gasteiger partial charge is 0.161 e. The van der Waals surface area contributed by atoms with E-state index in [1.54, 1.807) is 13.3 Å². The predicted molar refractivity (Wildman–Crippen MR) is 64.1 cm³/mol. The maximum absolute atomic E-state index is 5.63. The molecule has 2 aromatic rings. The van der Waals surface area contributed by atoms with Crippen LogP contribution in [-0.4, -0.2) is 18.7 Å². The van der Waals surface area contributed by atoms with Crippen molar-refractivity contribution in [3.8, 4) is 11.5 Å². The minimum Gasteiger partial charge on any atom is -0.493 e. The van der Waals surface area contributed by atoms with E-state index in [1.807, 2.05) is 24.4 Å². The molecule has 0 aliphatic rings. The molecule has 1 aromatic heterocycles. The molecule has 0 bridgehead atoms. The molecule has 0 aliphatic carbocycles. The van der Waals surface area contributed by atoms with Gasteiger partial charge in [-0.2, -0.15) is 0 Å². The second-order valence-electron chi connectivity index (χ2n) is 3.57. The topological polar surface area (TPSA) is 31.4 Å². The maximum Gasteiger partial charge on any atom is 0.161 e. The molecular formula is C13H15NO2. The molecule has 0 saturated heterocycles. The third-order valence-corrected chi connectivity index (χ3v) is 2.38. The fraction of sp³-hybridized carbons (Fsp3) is 0.308. The summed E-state index contributed by atoms with van der Waals surface area (Å²) in [6.45, 7) is 2.78. The number of hydrogen-bond acceptors (Lipinski definition) is 3. The van der Waals surface area contributed by atoms with Gasteiger partial charge in [-0.3, -0.25) is 4.98 Å². The van der Waals surface area contributed by atoms with E-state index in [9.17, 15) is 0 Å². The Hall–Kier alpha value is -1.77. The Kier molecular flexibility index (Phi) is 3.25. The number of rotatable bonds is 4. The van der Waals surface area contributed by atoms with Crippen molar-refractivity contribution in [2.75, 3.05) is 13.7 Å². The van der Waals surface area contributed by atoms with E-state index < -0.39 is 0 Å². The van der Waals surface area contributed by atoms with E-state index in [4.69, 9.17) is 9.47 Å². The normalized spacial score (nSPS) is 10.4. The van der Waals surface area contributed by atoms with Crippen LogP contribution in [0.4, 0.5) is 0 Å². The number of ether oxygens (including phenoxy) is 2. The molecular weight excluding hydrogens is 202 g/mol. The minimum atomic E-state index is 0.697. The van der Waals surface area contributed by atoms with Crippen LogP contribution in [0.25, 0.3) is 10.8 Å². The second kappa shape index (κ2) is 4.84. The van der Waals surface area contributed by atoms with Gasteiger partial charge < -0.3 is 9.47 Å². The highest BCUT2D eigenvalue weighted by atomic mass is 16.5. The van der Waals surface area contributed by atoms with E-state index in [0.717, 1.165) is 28.7 Å². The first-order chi connectivity index (χ1) is 7.85. The summed E-state index contributed by atoms with van der Waals surface area (Å²) in [6.07, 6.45) is 4.58. The summed E-state index contributed by atoms with van der Waals surface area (Å²) >= 11 is 0. The average Bonchev–Trinajstić information content (AvgIpc) is 2.35. The molecule has 0 unspecified atom stereocenters. The molecule has 0 radical (unpaired) electrons. The Labute approximate surface area is 95.0 Å². The summed E-state index contributed by atoms with van der Waals surface area (Å²) < 4.78 is 10.9. The number of hydrogen-bond donors (Lipinski definition) is 0. The van der Waals surface area contributed by atoms with E-state index in [1.165, 1.54) is 0 Å². The highest BCUT2D eigenvalue weighted by Gasteiger charge is 2.06. The average molecular weight is 217 g/mol. The zero-order valence-electron chi connectivity index (χ0n) is 9.56. The summed E-state index contributed by atoms with van der Waals surface area (Å²) in [7, 11) is 1.65. The third-order valence-electron chi connectivity index (χ3n) is 2.38. The molecule has 0 saturated carbocycles. The van der Waals surface area contributed by atoms with Crippen molar-refractivity contribution in [3.63, 3.8) is 0 Å². The fourth-order valence-electron chi connectivity index (χ4n) is 1.58. The second-order valence-corrected chi connectivity index (χ2v) is 3.57. The van der Waals surface area contributed by atoms with Gasteiger partial charge in [0.15, 0.2) is 11.5 Å². The number of pyridine rings is 1. The van der Waals surface area contributed by atoms with Crippen molar-refractivity contribution >= 4 is 10.8 Å². The van der Waals surface area contributed by atoms with E-state index >= 15 is 0 Å². The molecule has 0 amide bonds. The molecule has 0 aliphatic heterocycles. The molecule has 0 atom stereocenters. The summed E-state index contributed by atoms with van der Waals surface area (Å²) in [5, 5.41) is 2.17. The number of fused-ring (bicyclic) bond motifs is 1. The summed E-state index contributed by atoms with van der Waals surface area (Å²) in [4.78, 5) is 4.09. The molecule has 0 fully saturated rings. The predicted octanol–water partition coefficient (Wildman–Crippen LogP) is 3.03. The standard InChI is InChI=1S/C13H15NO2/c1-3-6-16-13-8-11-9-14-5-4-10(11)7-12(13)15-2/h4-5,7-9H,3,6H2,1-2H3. The van der Waals surface area contributed by atoms with Crippen LogP contribution in [0.15, 0.2) is 30.6 Å². The molecule has 16 heavy (non-hydrogen) atoms. The lowest BCUT2D eigenvalue weighted by molar-refractivity contribution is 0.295. The van der Waals surface area contributed by atoms with Gasteiger partial charge >= 0.3 is 0 Å². The number of methoxy groups -OCH3 is 1. The largest absolute Gasteiger partial charge is 0.493 e. The van der Waals surface area contributed by atoms with E-state index in [2.05, 4.69) is 11.9 Å². The van der Waals surface area contributed by atoms with Crippen molar-refractivity contribution in [1.29, 1.82) is 0 Å². The van der Waals surface area contributed by atoms with E-state index in [-0.39, 0.29) is 0 Å². The molecule has 84 valence electrons. The first-order valence-corrected chi connectivity index (χ1v) is 5.39. The molecule has 1 aromatic carbocycles. The highest BCUT2D eigenvalue weighted by molar-refractivity contribution is 5.85. The Morgan fingerprint density at radius 2 is 2.00 bits per heavy atom. The van der Waals surface area contributed by atoms with Gasteiger partial charge in [0.25, 0.3) is 0 Å². The van der Waals surface area contributed by atoms with Crippen LogP contribution in [0.1, 0.15) is 13.3 Å². The molecule has 2 rings (SSSR count). The van der Waals surface area contributed by atoms with Gasteiger partial charge in [0.1, 0.15) is 0 Å². The van der Waals surface area contributed by atoms with Crippen LogP contribution >= 0.6 is 0 Å². The summed E-state index contributed by atoms with van der Waals surface area (Å²) in [6, 6.07) is 5.90. The van der Waals surface area contributed by atoms with Crippen molar-refractivity contribution < 1.29 is 9.47 Å². The van der Waals surface area contributed by atoms with Crippen LogP contribution in [0.3, 0.4) is 0 Å². The van der Waals surface area contributed by atoms with Crippen molar-refractivity contribution in [3.05, 3.63) is 30.6 Å². The Bertz CT molecular complexity index is 482. The van der Waals surface area contributed by atoms with Gasteiger partial charge in [-0.05, 0) is 30.0 Å². The summed E-state index contributed by atoms with van der Waals surface area (Å²) in [5.74, 6) is 1.55. The van der Waals surface area contributed by atoms with Gasteiger partial charge in [0, 0.05) is 17.8 Å². The summed E-state index contributed by atoms with van der Waals surface area (Å²) in [5.41, 5.74) is 0. The lowest BCUT2D eigenvalue weighted by Crippen LogP contribution is -1.97. The molecule has 1 heterocycles. The zero-order chi connectivity index (χ0) is 11.4. The number of benzene rings is 1. The molecule has 3 nitrogen and oxygen atoms in total. The first kappa shape index (κ1) is 10.7. The monoisotopic (exact) mass is 217 g/mol. The Morgan fingerprint density at radius 1 is 1.19 bits per heavy atom. The Morgan fingerprint density at radius 3 is 2.75 bits per heavy atom. The van der Waals surface area contributed by atoms with Gasteiger partial charge in [0.05, 0.1) is 13.7 Å². The highest BCUT2D eigenvalue weighted by Crippen LogP contribution is 2.31. The quantitative estimate of drug-likeness (QED) is 0.788. The lowest BCUT2D eigenvalue weighted by atomic mass is 10.1. The van der Waals surface area contributed by atoms with E-state index in [0.29, 0.717) is 6.61 Å². The van der Waals surface area contributed by atoms with Crippen LogP contribution < -0.4 is 9.47 Å². The lowest BCUT2D eigenvalue weighted by Gasteiger charge is -2.11. The van der Waals surface area contributed by atoms with Gasteiger partial charge in [-0.15, -0.1) is 0 Å². The maximum atomic E-state index is 5.63. The number of aromatic nitrogens is 1. The molecule has 3 heteroatoms. The van der Waals surface area contributed by atoms with Crippen molar-refractivity contribution in [2.45, 2.75) is 13.3 Å². The van der Waals surface area contributed by atoms with Gasteiger partial charge in [0.2, 0.25) is 0 Å². The van der Waals surface area contributed by atoms with Crippen LogP contribution in [-0.2, 0) is 0 Å². The molecule has 0 N–H and O–H groups in total. The Balaban J connectivity index is 2.45. The van der Waals surface area contributed by atoms with Crippen molar-refractivity contribution in [2.24, 2.45) is 0 Å². The van der Waals surface area contributed by atoms with Crippen LogP contribution in [0, 0.1) is 0 Å². The first-order valence-electron chi connectivity index (χ1n) is 5.39. The number of nitrogens with zero attached hydrogens (tertiary/aromatic N) is 1. The fourth-order valence-corrected chi connectivity index (χ4v) is 1.58. The third kappa shape index (κ3) is 2.08. The zero-order valence-corrected chi connectivity index (χ0v) is 9.56. The van der Waals surface area contributed by atoms with Gasteiger partial charge in [-0.1, -0.05) is 6.92 Å². The molecule has 0 spiro atoms. The van der Waals surface area contributed by atoms with Crippen LogP contribution in [0.2, 0.25) is 0 Å². The van der Waals surface area contributed by atoms with Crippen molar-refractivity contribution in [1.82, 2.24) is 4.98 Å².